The second-order valence-electron chi connectivity index (χ2n) is 1.94. The smallest absolute Gasteiger partial charge is 0.00721 e. The van der Waals surface area contributed by atoms with Crippen LogP contribution in [0.2, 0.25) is 0 Å². The van der Waals surface area contributed by atoms with Gasteiger partial charge in [0.25, 0.3) is 0 Å². The lowest BCUT2D eigenvalue weighted by molar-refractivity contribution is 0.324. The number of hydrogen-bond donors (Lipinski definition) is 0. The molecule has 1 nitrogen and oxygen atoms in total. The molecule has 0 N–H and O–H groups in total. The third kappa shape index (κ3) is 4.79. The summed E-state index contributed by atoms with van der Waals surface area (Å²) in [7, 11) is 0. The minimum atomic E-state index is 1.15. The lowest BCUT2D eigenvalue weighted by atomic mass is 10.5. The lowest BCUT2D eigenvalue weighted by Gasteiger charge is -2.16. The highest BCUT2D eigenvalue weighted by Gasteiger charge is 1.94. The molecule has 0 saturated carbocycles. The summed E-state index contributed by atoms with van der Waals surface area (Å²) in [6.07, 6.45) is 3.72. The average molecular weight is 146 g/mol. The van der Waals surface area contributed by atoms with Gasteiger partial charge in [0.05, 0.1) is 0 Å². The van der Waals surface area contributed by atoms with E-state index in [0.29, 0.717) is 0 Å². The predicted octanol–water partition coefficient (Wildman–Crippen LogP) is 1.85. The van der Waals surface area contributed by atoms with Crippen LogP contribution in [0.5, 0.6) is 0 Å². The Morgan fingerprint density at radius 2 is 1.89 bits per heavy atom. The van der Waals surface area contributed by atoms with Gasteiger partial charge in [0, 0.05) is 18.6 Å². The third-order valence-electron chi connectivity index (χ3n) is 1.45. The number of nitrogens with zero attached hydrogens (tertiary/aromatic N) is 1. The Balaban J connectivity index is 3.09. The minimum absolute atomic E-state index is 1.15. The third-order valence-corrected chi connectivity index (χ3v) is 1.92. The summed E-state index contributed by atoms with van der Waals surface area (Å²) in [6, 6.07) is 0. The number of hydrogen-bond acceptors (Lipinski definition) is 2. The first kappa shape index (κ1) is 9.31. The second kappa shape index (κ2) is 6.43. The topological polar surface area (TPSA) is 3.24 Å². The van der Waals surface area contributed by atoms with Crippen LogP contribution in [-0.4, -0.2) is 30.3 Å². The van der Waals surface area contributed by atoms with Crippen LogP contribution in [0.3, 0.4) is 0 Å². The van der Waals surface area contributed by atoms with E-state index in [1.807, 2.05) is 0 Å². The predicted molar refractivity (Wildman–Crippen MR) is 45.6 cm³/mol. The van der Waals surface area contributed by atoms with Crippen LogP contribution >= 0.6 is 11.8 Å². The van der Waals surface area contributed by atoms with E-state index in [-0.39, 0.29) is 0 Å². The molecule has 0 spiro atoms. The lowest BCUT2D eigenvalue weighted by Crippen LogP contribution is -2.25. The fraction of sp³-hybridized carbons (Fsp3) is 0.857. The van der Waals surface area contributed by atoms with Crippen LogP contribution in [0.25, 0.3) is 0 Å². The summed E-state index contributed by atoms with van der Waals surface area (Å²) in [5.41, 5.74) is 0. The Labute approximate surface area is 62.8 Å². The molecule has 2 heteroatoms. The monoisotopic (exact) mass is 146 g/mol. The van der Waals surface area contributed by atoms with Crippen molar-refractivity contribution in [3.63, 3.8) is 0 Å². The first-order chi connectivity index (χ1) is 4.35. The summed E-state index contributed by atoms with van der Waals surface area (Å²) in [5, 5.41) is 0. The molecule has 0 amide bonds. The highest BCUT2D eigenvalue weighted by Crippen LogP contribution is 1.96. The first-order valence-electron chi connectivity index (χ1n) is 3.44. The maximum atomic E-state index is 3.72. The molecule has 0 aromatic carbocycles. The molecule has 0 aromatic rings. The molecule has 0 aliphatic heterocycles. The SMILES string of the molecule is [CH2]SCCN(CC)CC. The van der Waals surface area contributed by atoms with Gasteiger partial charge in [-0.15, -0.1) is 0 Å². The van der Waals surface area contributed by atoms with Crippen LogP contribution in [0.4, 0.5) is 0 Å². The molecule has 0 fully saturated rings. The molecule has 0 heterocycles. The molecule has 0 aromatic heterocycles. The van der Waals surface area contributed by atoms with Crippen LogP contribution in [0, 0.1) is 6.26 Å². The molecule has 0 bridgehead atoms. The largest absolute Gasteiger partial charge is 0.303 e. The zero-order valence-electron chi connectivity index (χ0n) is 6.39. The van der Waals surface area contributed by atoms with Crippen LogP contribution in [-0.2, 0) is 0 Å². The van der Waals surface area contributed by atoms with Crippen molar-refractivity contribution in [3.05, 3.63) is 6.26 Å². The van der Waals surface area contributed by atoms with Crippen molar-refractivity contribution in [2.75, 3.05) is 25.4 Å². The molecule has 0 aliphatic carbocycles. The van der Waals surface area contributed by atoms with E-state index in [4.69, 9.17) is 0 Å². The maximum Gasteiger partial charge on any atom is 0.00721 e. The molecule has 1 radical (unpaired) electrons. The molecule has 55 valence electrons. The summed E-state index contributed by atoms with van der Waals surface area (Å²) >= 11 is 1.67. The molecule has 0 atom stereocenters. The van der Waals surface area contributed by atoms with Gasteiger partial charge in [-0.2, -0.15) is 11.8 Å². The minimum Gasteiger partial charge on any atom is -0.303 e. The van der Waals surface area contributed by atoms with Crippen molar-refractivity contribution >= 4 is 11.8 Å². The zero-order chi connectivity index (χ0) is 7.11. The van der Waals surface area contributed by atoms with Crippen molar-refractivity contribution in [2.45, 2.75) is 13.8 Å². The van der Waals surface area contributed by atoms with Gasteiger partial charge in [0.2, 0.25) is 0 Å². The van der Waals surface area contributed by atoms with Gasteiger partial charge in [-0.25, -0.2) is 0 Å². The van der Waals surface area contributed by atoms with Gasteiger partial charge < -0.3 is 4.90 Å². The van der Waals surface area contributed by atoms with E-state index < -0.39 is 0 Å². The standard InChI is InChI=1S/C7H16NS/c1-4-8(5-2)6-7-9-3/h3-7H2,1-2H3. The fourth-order valence-electron chi connectivity index (χ4n) is 0.733. The molecule has 0 aliphatic rings. The Kier molecular flexibility index (Phi) is 6.65. The summed E-state index contributed by atoms with van der Waals surface area (Å²) in [6.45, 7) is 7.89. The van der Waals surface area contributed by atoms with Gasteiger partial charge >= 0.3 is 0 Å². The molecular weight excluding hydrogens is 130 g/mol. The molecule has 0 rings (SSSR count). The van der Waals surface area contributed by atoms with Crippen LogP contribution in [0.15, 0.2) is 0 Å². The summed E-state index contributed by atoms with van der Waals surface area (Å²) < 4.78 is 0. The number of thioether (sulfide) groups is 1. The highest BCUT2D eigenvalue weighted by molar-refractivity contribution is 8.00. The molecule has 0 unspecified atom stereocenters. The van der Waals surface area contributed by atoms with Crippen LogP contribution < -0.4 is 0 Å². The summed E-state index contributed by atoms with van der Waals surface area (Å²) in [4.78, 5) is 2.40. The van der Waals surface area contributed by atoms with E-state index in [0.717, 1.165) is 18.8 Å². The maximum absolute atomic E-state index is 3.72. The van der Waals surface area contributed by atoms with E-state index in [1.54, 1.807) is 11.8 Å². The van der Waals surface area contributed by atoms with Gasteiger partial charge in [0.1, 0.15) is 0 Å². The van der Waals surface area contributed by atoms with Crippen molar-refractivity contribution in [2.24, 2.45) is 0 Å². The van der Waals surface area contributed by atoms with Crippen molar-refractivity contribution in [1.82, 2.24) is 4.90 Å². The molecule has 9 heavy (non-hydrogen) atoms. The normalized spacial score (nSPS) is 10.7. The molecular formula is C7H16NS. The van der Waals surface area contributed by atoms with Gasteiger partial charge in [-0.3, -0.25) is 0 Å². The Morgan fingerprint density at radius 3 is 2.22 bits per heavy atom. The summed E-state index contributed by atoms with van der Waals surface area (Å²) in [5.74, 6) is 1.15. The zero-order valence-corrected chi connectivity index (χ0v) is 7.21. The van der Waals surface area contributed by atoms with E-state index >= 15 is 0 Å². The second-order valence-corrected chi connectivity index (χ2v) is 2.75. The Bertz CT molecular complexity index is 52.9. The van der Waals surface area contributed by atoms with Gasteiger partial charge in [-0.05, 0) is 13.1 Å². The van der Waals surface area contributed by atoms with Gasteiger partial charge in [0.15, 0.2) is 0 Å². The highest BCUT2D eigenvalue weighted by atomic mass is 32.2. The van der Waals surface area contributed by atoms with E-state index in [9.17, 15) is 0 Å². The first-order valence-corrected chi connectivity index (χ1v) is 4.59. The fourth-order valence-corrected chi connectivity index (χ4v) is 1.12. The van der Waals surface area contributed by atoms with E-state index in [1.165, 1.54) is 6.54 Å². The molecule has 0 saturated heterocycles. The Morgan fingerprint density at radius 1 is 1.33 bits per heavy atom. The number of rotatable bonds is 5. The van der Waals surface area contributed by atoms with Crippen LogP contribution in [0.1, 0.15) is 13.8 Å². The van der Waals surface area contributed by atoms with Crippen molar-refractivity contribution in [1.29, 1.82) is 0 Å². The van der Waals surface area contributed by atoms with E-state index in [2.05, 4.69) is 25.0 Å². The average Bonchev–Trinajstić information content (AvgIpc) is 1.91. The Hall–Kier alpha value is 0.310. The van der Waals surface area contributed by atoms with Gasteiger partial charge in [-0.1, -0.05) is 13.8 Å². The quantitative estimate of drug-likeness (QED) is 0.582. The van der Waals surface area contributed by atoms with Crippen molar-refractivity contribution < 1.29 is 0 Å². The van der Waals surface area contributed by atoms with Crippen molar-refractivity contribution in [3.8, 4) is 0 Å².